The first-order valence-electron chi connectivity index (χ1n) is 6.95. The zero-order valence-corrected chi connectivity index (χ0v) is 13.5. The summed E-state index contributed by atoms with van der Waals surface area (Å²) in [6.45, 7) is 2.96. The van der Waals surface area contributed by atoms with E-state index in [0.29, 0.717) is 0 Å². The quantitative estimate of drug-likeness (QED) is 0.467. The van der Waals surface area contributed by atoms with Gasteiger partial charge < -0.3 is 4.74 Å². The Morgan fingerprint density at radius 3 is 2.81 bits per heavy atom. The minimum atomic E-state index is -0.155. The normalized spacial score (nSPS) is 12.4. The Balaban J connectivity index is 2.52. The molecule has 3 N–H and O–H groups in total. The highest BCUT2D eigenvalue weighted by Crippen LogP contribution is 2.34. The molecule has 114 valence electrons. The van der Waals surface area contributed by atoms with Gasteiger partial charge in [0.15, 0.2) is 5.75 Å². The Hall–Kier alpha value is -1.50. The first-order valence-corrected chi connectivity index (χ1v) is 8.18. The summed E-state index contributed by atoms with van der Waals surface area (Å²) in [5.74, 6) is 6.60. The lowest BCUT2D eigenvalue weighted by Gasteiger charge is -2.21. The molecule has 0 aliphatic heterocycles. The molecule has 0 saturated carbocycles. The van der Waals surface area contributed by atoms with Gasteiger partial charge in [0.25, 0.3) is 0 Å². The second-order valence-electron chi connectivity index (χ2n) is 4.66. The molecule has 0 aliphatic carbocycles. The average molecular weight is 306 g/mol. The van der Waals surface area contributed by atoms with E-state index in [9.17, 15) is 0 Å². The second-order valence-corrected chi connectivity index (χ2v) is 5.51. The van der Waals surface area contributed by atoms with Crippen LogP contribution in [0, 0.1) is 0 Å². The standard InChI is InChI=1S/C15H22N4OS/c1-4-9-19-15(12(20-2)10-17-19)14(18-16)11-7-5-6-8-13(11)21-3/h5-8,10,14,18H,4,9,16H2,1-3H3. The van der Waals surface area contributed by atoms with Crippen molar-refractivity contribution in [3.8, 4) is 5.75 Å². The van der Waals surface area contributed by atoms with Gasteiger partial charge >= 0.3 is 0 Å². The zero-order valence-electron chi connectivity index (χ0n) is 12.7. The van der Waals surface area contributed by atoms with Crippen molar-refractivity contribution in [3.63, 3.8) is 0 Å². The van der Waals surface area contributed by atoms with Gasteiger partial charge in [-0.15, -0.1) is 11.8 Å². The summed E-state index contributed by atoms with van der Waals surface area (Å²) in [4.78, 5) is 1.19. The van der Waals surface area contributed by atoms with Gasteiger partial charge in [0.05, 0.1) is 19.3 Å². The van der Waals surface area contributed by atoms with Crippen molar-refractivity contribution < 1.29 is 4.74 Å². The van der Waals surface area contributed by atoms with Gasteiger partial charge in [-0.2, -0.15) is 5.10 Å². The molecule has 0 aliphatic rings. The number of ether oxygens (including phenoxy) is 1. The van der Waals surface area contributed by atoms with Crippen molar-refractivity contribution in [2.45, 2.75) is 30.8 Å². The highest BCUT2D eigenvalue weighted by atomic mass is 32.2. The monoisotopic (exact) mass is 306 g/mol. The van der Waals surface area contributed by atoms with E-state index in [1.807, 2.05) is 16.8 Å². The van der Waals surface area contributed by atoms with E-state index in [2.05, 4.69) is 35.8 Å². The number of methoxy groups -OCH3 is 1. The molecule has 1 aromatic carbocycles. The van der Waals surface area contributed by atoms with Crippen LogP contribution in [0.4, 0.5) is 0 Å². The highest BCUT2D eigenvalue weighted by molar-refractivity contribution is 7.98. The van der Waals surface area contributed by atoms with Gasteiger partial charge in [-0.25, -0.2) is 5.43 Å². The number of aromatic nitrogens is 2. The van der Waals surface area contributed by atoms with E-state index in [4.69, 9.17) is 10.6 Å². The lowest BCUT2D eigenvalue weighted by Crippen LogP contribution is -2.31. The molecule has 21 heavy (non-hydrogen) atoms. The zero-order chi connectivity index (χ0) is 15.2. The predicted octanol–water partition coefficient (Wildman–Crippen LogP) is 2.58. The van der Waals surface area contributed by atoms with Crippen LogP contribution in [-0.2, 0) is 6.54 Å². The number of nitrogens with one attached hydrogen (secondary N) is 1. The van der Waals surface area contributed by atoms with Crippen LogP contribution in [0.5, 0.6) is 5.75 Å². The fourth-order valence-electron chi connectivity index (χ4n) is 2.44. The summed E-state index contributed by atoms with van der Waals surface area (Å²) in [6.07, 6.45) is 4.81. The maximum absolute atomic E-state index is 5.85. The maximum atomic E-state index is 5.85. The number of thioether (sulfide) groups is 1. The molecule has 0 saturated heterocycles. The fraction of sp³-hybridized carbons (Fsp3) is 0.400. The average Bonchev–Trinajstić information content (AvgIpc) is 2.92. The number of nitrogens with two attached hydrogens (primary N) is 1. The number of rotatable bonds is 7. The third kappa shape index (κ3) is 3.23. The molecular formula is C15H22N4OS. The van der Waals surface area contributed by atoms with Crippen LogP contribution in [0.1, 0.15) is 30.6 Å². The molecule has 1 unspecified atom stereocenters. The Kier molecular flexibility index (Phi) is 5.67. The summed E-state index contributed by atoms with van der Waals surface area (Å²) in [5, 5.41) is 4.42. The molecule has 5 nitrogen and oxygen atoms in total. The molecule has 2 aromatic rings. The Labute approximate surface area is 129 Å². The molecule has 1 heterocycles. The summed E-state index contributed by atoms with van der Waals surface area (Å²) < 4.78 is 7.42. The number of hydrogen-bond donors (Lipinski definition) is 2. The van der Waals surface area contributed by atoms with E-state index < -0.39 is 0 Å². The molecule has 0 bridgehead atoms. The van der Waals surface area contributed by atoms with Crippen LogP contribution < -0.4 is 16.0 Å². The van der Waals surface area contributed by atoms with Crippen molar-refractivity contribution in [1.29, 1.82) is 0 Å². The smallest absolute Gasteiger partial charge is 0.161 e. The van der Waals surface area contributed by atoms with Gasteiger partial charge in [0, 0.05) is 11.4 Å². The second kappa shape index (κ2) is 7.49. The van der Waals surface area contributed by atoms with Gasteiger partial charge in [0.2, 0.25) is 0 Å². The van der Waals surface area contributed by atoms with Crippen LogP contribution in [0.3, 0.4) is 0 Å². The van der Waals surface area contributed by atoms with Crippen molar-refractivity contribution in [2.75, 3.05) is 13.4 Å². The Bertz CT molecular complexity index is 585. The van der Waals surface area contributed by atoms with Gasteiger partial charge in [-0.05, 0) is 24.3 Å². The van der Waals surface area contributed by atoms with Crippen molar-refractivity contribution in [1.82, 2.24) is 15.2 Å². The lowest BCUT2D eigenvalue weighted by molar-refractivity contribution is 0.398. The molecule has 0 radical (unpaired) electrons. The van der Waals surface area contributed by atoms with E-state index in [1.165, 1.54) is 4.90 Å². The number of benzene rings is 1. The first kappa shape index (κ1) is 15.9. The van der Waals surface area contributed by atoms with E-state index in [0.717, 1.165) is 30.0 Å². The van der Waals surface area contributed by atoms with Crippen molar-refractivity contribution in [2.24, 2.45) is 5.84 Å². The number of aryl methyl sites for hydroxylation is 1. The fourth-order valence-corrected chi connectivity index (χ4v) is 3.07. The molecule has 1 atom stereocenters. The summed E-state index contributed by atoms with van der Waals surface area (Å²) >= 11 is 1.70. The predicted molar refractivity (Wildman–Crippen MR) is 86.5 cm³/mol. The lowest BCUT2D eigenvalue weighted by atomic mass is 10.0. The van der Waals surface area contributed by atoms with E-state index in [-0.39, 0.29) is 6.04 Å². The summed E-state index contributed by atoms with van der Waals surface area (Å²) in [6, 6.07) is 8.07. The van der Waals surface area contributed by atoms with Crippen LogP contribution in [0.2, 0.25) is 0 Å². The minimum absolute atomic E-state index is 0.155. The van der Waals surface area contributed by atoms with Crippen LogP contribution >= 0.6 is 11.8 Å². The Morgan fingerprint density at radius 1 is 1.43 bits per heavy atom. The third-order valence-corrected chi connectivity index (χ3v) is 4.20. The number of nitrogens with zero attached hydrogens (tertiary/aromatic N) is 2. The largest absolute Gasteiger partial charge is 0.493 e. The SMILES string of the molecule is CCCn1ncc(OC)c1C(NN)c1ccccc1SC. The number of hydrogen-bond acceptors (Lipinski definition) is 5. The van der Waals surface area contributed by atoms with Gasteiger partial charge in [0.1, 0.15) is 5.69 Å². The maximum Gasteiger partial charge on any atom is 0.161 e. The summed E-state index contributed by atoms with van der Waals surface area (Å²) in [5.41, 5.74) is 5.00. The van der Waals surface area contributed by atoms with Gasteiger partial charge in [-0.3, -0.25) is 10.5 Å². The summed E-state index contributed by atoms with van der Waals surface area (Å²) in [7, 11) is 1.66. The van der Waals surface area contributed by atoms with Gasteiger partial charge in [-0.1, -0.05) is 25.1 Å². The van der Waals surface area contributed by atoms with Crippen molar-refractivity contribution >= 4 is 11.8 Å². The van der Waals surface area contributed by atoms with Crippen molar-refractivity contribution in [3.05, 3.63) is 41.7 Å². The first-order chi connectivity index (χ1) is 10.3. The third-order valence-electron chi connectivity index (χ3n) is 3.39. The minimum Gasteiger partial charge on any atom is -0.493 e. The molecule has 6 heteroatoms. The molecule has 1 aromatic heterocycles. The van der Waals surface area contributed by atoms with Crippen LogP contribution in [0.25, 0.3) is 0 Å². The molecular weight excluding hydrogens is 284 g/mol. The molecule has 2 rings (SSSR count). The highest BCUT2D eigenvalue weighted by Gasteiger charge is 2.24. The molecule has 0 spiro atoms. The molecule has 0 fully saturated rings. The topological polar surface area (TPSA) is 65.1 Å². The Morgan fingerprint density at radius 2 is 2.19 bits per heavy atom. The van der Waals surface area contributed by atoms with E-state index in [1.54, 1.807) is 25.1 Å². The van der Waals surface area contributed by atoms with Crippen LogP contribution in [0.15, 0.2) is 35.4 Å². The van der Waals surface area contributed by atoms with E-state index >= 15 is 0 Å². The molecule has 0 amide bonds. The number of hydrazine groups is 1. The van der Waals surface area contributed by atoms with Crippen LogP contribution in [-0.4, -0.2) is 23.1 Å².